The summed E-state index contributed by atoms with van der Waals surface area (Å²) in [6.45, 7) is 12.3. The van der Waals surface area contributed by atoms with Crippen LogP contribution in [0.1, 0.15) is 39.5 Å². The van der Waals surface area contributed by atoms with Gasteiger partial charge in [0.2, 0.25) is 0 Å². The number of furan rings is 1. The number of rotatable bonds is 4. The minimum Gasteiger partial charge on any atom is -0.467 e. The SMILES string of the molecule is CCOC(=O)N1C[C@H](O)[C@H](O)[C@@H](O[Si](C)(C)C(C)(C)C)[C@H]1c1ccco1. The summed E-state index contributed by atoms with van der Waals surface area (Å²) >= 11 is 0. The lowest BCUT2D eigenvalue weighted by Crippen LogP contribution is -2.62. The van der Waals surface area contributed by atoms with Crippen LogP contribution in [0.25, 0.3) is 0 Å². The van der Waals surface area contributed by atoms with Gasteiger partial charge >= 0.3 is 6.09 Å². The van der Waals surface area contributed by atoms with Crippen molar-refractivity contribution in [2.24, 2.45) is 0 Å². The van der Waals surface area contributed by atoms with Gasteiger partial charge in [0.1, 0.15) is 30.1 Å². The van der Waals surface area contributed by atoms with Crippen LogP contribution >= 0.6 is 0 Å². The highest BCUT2D eigenvalue weighted by atomic mass is 28.4. The molecule has 0 saturated carbocycles. The fourth-order valence-electron chi connectivity index (χ4n) is 2.83. The summed E-state index contributed by atoms with van der Waals surface area (Å²) in [6, 6.07) is 2.79. The summed E-state index contributed by atoms with van der Waals surface area (Å²) < 4.78 is 17.1. The van der Waals surface area contributed by atoms with Gasteiger partial charge in [0.25, 0.3) is 0 Å². The maximum absolute atomic E-state index is 12.5. The summed E-state index contributed by atoms with van der Waals surface area (Å²) in [6.07, 6.45) is -2.12. The summed E-state index contributed by atoms with van der Waals surface area (Å²) in [5.74, 6) is 0.493. The lowest BCUT2D eigenvalue weighted by atomic mass is 9.92. The van der Waals surface area contributed by atoms with Crippen molar-refractivity contribution in [2.45, 2.75) is 70.2 Å². The van der Waals surface area contributed by atoms with Gasteiger partial charge in [-0.25, -0.2) is 4.79 Å². The van der Waals surface area contributed by atoms with E-state index < -0.39 is 38.8 Å². The Morgan fingerprint density at radius 2 is 2.04 bits per heavy atom. The quantitative estimate of drug-likeness (QED) is 0.774. The number of aliphatic hydroxyl groups is 2. The molecule has 2 rings (SSSR count). The number of carbonyl (C=O) groups is 1. The fraction of sp³-hybridized carbons (Fsp3) is 0.722. The number of aliphatic hydroxyl groups excluding tert-OH is 2. The van der Waals surface area contributed by atoms with Gasteiger partial charge in [0.15, 0.2) is 8.32 Å². The molecule has 0 bridgehead atoms. The van der Waals surface area contributed by atoms with Crippen LogP contribution in [0.3, 0.4) is 0 Å². The Hall–Kier alpha value is -1.35. The van der Waals surface area contributed by atoms with E-state index in [1.807, 2.05) is 0 Å². The molecular weight excluding hydrogens is 354 g/mol. The summed E-state index contributed by atoms with van der Waals surface area (Å²) in [5.41, 5.74) is 0. The first-order valence-electron chi connectivity index (χ1n) is 9.00. The Labute approximate surface area is 156 Å². The van der Waals surface area contributed by atoms with Crippen molar-refractivity contribution in [3.63, 3.8) is 0 Å². The van der Waals surface area contributed by atoms with Gasteiger partial charge < -0.3 is 23.8 Å². The zero-order valence-electron chi connectivity index (χ0n) is 16.4. The van der Waals surface area contributed by atoms with Gasteiger partial charge in [0.05, 0.1) is 19.4 Å². The molecule has 1 fully saturated rings. The van der Waals surface area contributed by atoms with Crippen LogP contribution < -0.4 is 0 Å². The minimum atomic E-state index is -2.29. The van der Waals surface area contributed by atoms with Crippen molar-refractivity contribution in [3.8, 4) is 0 Å². The second kappa shape index (κ2) is 7.72. The first-order chi connectivity index (χ1) is 12.0. The smallest absolute Gasteiger partial charge is 0.410 e. The molecular formula is C18H31NO6Si. The Kier molecular flexibility index (Phi) is 6.22. The largest absolute Gasteiger partial charge is 0.467 e. The average molecular weight is 386 g/mol. The zero-order valence-corrected chi connectivity index (χ0v) is 17.4. The van der Waals surface area contributed by atoms with Gasteiger partial charge in [-0.1, -0.05) is 20.8 Å². The molecule has 0 spiro atoms. The number of amides is 1. The van der Waals surface area contributed by atoms with Crippen molar-refractivity contribution < 1.29 is 28.6 Å². The maximum atomic E-state index is 12.5. The average Bonchev–Trinajstić information content (AvgIpc) is 3.04. The van der Waals surface area contributed by atoms with Crippen LogP contribution in [0.2, 0.25) is 18.1 Å². The van der Waals surface area contributed by atoms with E-state index >= 15 is 0 Å². The van der Waals surface area contributed by atoms with Crippen LogP contribution in [0.4, 0.5) is 4.79 Å². The number of hydrogen-bond acceptors (Lipinski definition) is 6. The predicted molar refractivity (Wildman–Crippen MR) is 99.3 cm³/mol. The lowest BCUT2D eigenvalue weighted by molar-refractivity contribution is -0.130. The molecule has 2 N–H and O–H groups in total. The van der Waals surface area contributed by atoms with Crippen molar-refractivity contribution in [3.05, 3.63) is 24.2 Å². The molecule has 26 heavy (non-hydrogen) atoms. The number of ether oxygens (including phenoxy) is 1. The highest BCUT2D eigenvalue weighted by Crippen LogP contribution is 2.42. The highest BCUT2D eigenvalue weighted by Gasteiger charge is 2.51. The molecule has 0 aliphatic carbocycles. The van der Waals surface area contributed by atoms with Crippen molar-refractivity contribution in [1.82, 2.24) is 4.90 Å². The molecule has 148 valence electrons. The van der Waals surface area contributed by atoms with E-state index in [9.17, 15) is 15.0 Å². The van der Waals surface area contributed by atoms with Gasteiger partial charge in [-0.05, 0) is 37.2 Å². The second-order valence-electron chi connectivity index (χ2n) is 8.21. The Morgan fingerprint density at radius 3 is 2.54 bits per heavy atom. The first kappa shape index (κ1) is 21.0. The molecule has 8 heteroatoms. The van der Waals surface area contributed by atoms with Crippen molar-refractivity contribution in [2.75, 3.05) is 13.2 Å². The normalized spacial score (nSPS) is 27.5. The van der Waals surface area contributed by atoms with Crippen LogP contribution in [0.5, 0.6) is 0 Å². The van der Waals surface area contributed by atoms with E-state index in [1.54, 1.807) is 19.1 Å². The van der Waals surface area contributed by atoms with E-state index in [1.165, 1.54) is 11.2 Å². The molecule has 1 aromatic rings. The molecule has 1 aliphatic rings. The zero-order chi connectivity index (χ0) is 19.7. The van der Waals surface area contributed by atoms with Crippen LogP contribution in [-0.2, 0) is 9.16 Å². The summed E-state index contributed by atoms with van der Waals surface area (Å²) in [7, 11) is -2.29. The molecule has 1 saturated heterocycles. The third-order valence-corrected chi connectivity index (χ3v) is 9.81. The van der Waals surface area contributed by atoms with Gasteiger partial charge in [0, 0.05) is 0 Å². The van der Waals surface area contributed by atoms with E-state index in [0.717, 1.165) is 0 Å². The number of carbonyl (C=O) groups excluding carboxylic acids is 1. The third kappa shape index (κ3) is 4.14. The maximum Gasteiger partial charge on any atom is 0.410 e. The monoisotopic (exact) mass is 385 g/mol. The number of likely N-dealkylation sites (tertiary alicyclic amines) is 1. The molecule has 2 heterocycles. The Bertz CT molecular complexity index is 597. The minimum absolute atomic E-state index is 0.0528. The van der Waals surface area contributed by atoms with E-state index in [4.69, 9.17) is 13.6 Å². The molecule has 1 aromatic heterocycles. The van der Waals surface area contributed by atoms with E-state index in [0.29, 0.717) is 5.76 Å². The van der Waals surface area contributed by atoms with E-state index in [2.05, 4.69) is 33.9 Å². The molecule has 1 amide bonds. The van der Waals surface area contributed by atoms with Gasteiger partial charge in [-0.2, -0.15) is 0 Å². The number of β-amino-alcohol motifs (C(OH)–C–C–N with tert-alkyl or cyclic N) is 1. The summed E-state index contributed by atoms with van der Waals surface area (Å²) in [5, 5.41) is 20.9. The van der Waals surface area contributed by atoms with E-state index in [-0.39, 0.29) is 18.2 Å². The molecule has 0 aromatic carbocycles. The number of hydrogen-bond donors (Lipinski definition) is 2. The van der Waals surface area contributed by atoms with Crippen molar-refractivity contribution in [1.29, 1.82) is 0 Å². The number of piperidine rings is 1. The fourth-order valence-corrected chi connectivity index (χ4v) is 4.13. The molecule has 7 nitrogen and oxygen atoms in total. The molecule has 0 unspecified atom stereocenters. The Balaban J connectivity index is 2.44. The lowest BCUT2D eigenvalue weighted by Gasteiger charge is -2.48. The molecule has 4 atom stereocenters. The van der Waals surface area contributed by atoms with Crippen LogP contribution in [0, 0.1) is 0 Å². The number of nitrogens with zero attached hydrogens (tertiary/aromatic N) is 1. The Morgan fingerprint density at radius 1 is 1.38 bits per heavy atom. The predicted octanol–water partition coefficient (Wildman–Crippen LogP) is 2.91. The van der Waals surface area contributed by atoms with Crippen LogP contribution in [-0.4, -0.2) is 61.0 Å². The van der Waals surface area contributed by atoms with Gasteiger partial charge in [-0.3, -0.25) is 4.90 Å². The third-order valence-electron chi connectivity index (χ3n) is 5.34. The first-order valence-corrected chi connectivity index (χ1v) is 11.9. The van der Waals surface area contributed by atoms with Crippen molar-refractivity contribution >= 4 is 14.4 Å². The topological polar surface area (TPSA) is 92.4 Å². The second-order valence-corrected chi connectivity index (χ2v) is 13.0. The molecule has 0 radical (unpaired) electrons. The summed E-state index contributed by atoms with van der Waals surface area (Å²) in [4.78, 5) is 13.9. The standard InChI is InChI=1S/C18H31NO6Si/c1-7-23-17(22)19-11-12(20)15(21)16(14(19)13-9-8-10-24-13)25-26(5,6)18(2,3)4/h8-10,12,14-16,20-21H,7,11H2,1-6H3/t12-,14+,15-,16-/m0/s1. The van der Waals surface area contributed by atoms with Gasteiger partial charge in [-0.15, -0.1) is 0 Å². The highest BCUT2D eigenvalue weighted by molar-refractivity contribution is 6.74. The van der Waals surface area contributed by atoms with Crippen LogP contribution in [0.15, 0.2) is 22.8 Å². The molecule has 1 aliphatic heterocycles.